The minimum atomic E-state index is -0.415. The number of nitrogens with one attached hydrogen (secondary N) is 1. The van der Waals surface area contributed by atoms with E-state index >= 15 is 0 Å². The number of carbonyl (C=O) groups excluding carboxylic acids is 1. The molecule has 0 saturated heterocycles. The predicted octanol–water partition coefficient (Wildman–Crippen LogP) is 3.49. The van der Waals surface area contributed by atoms with Gasteiger partial charge in [-0.2, -0.15) is 0 Å². The fourth-order valence-corrected chi connectivity index (χ4v) is 3.23. The molecule has 1 N–H and O–H groups in total. The van der Waals surface area contributed by atoms with Gasteiger partial charge in [0.05, 0.1) is 20.8 Å². The van der Waals surface area contributed by atoms with Crippen molar-refractivity contribution in [2.24, 2.45) is 0 Å². The third-order valence-corrected chi connectivity index (χ3v) is 4.42. The molecule has 1 amide bonds. The topological polar surface area (TPSA) is 51.1 Å². The van der Waals surface area contributed by atoms with Gasteiger partial charge in [-0.05, 0) is 30.3 Å². The Bertz CT molecular complexity index is 919. The molecule has 2 aromatic carbocycles. The van der Waals surface area contributed by atoms with Crippen molar-refractivity contribution in [3.05, 3.63) is 63.7 Å². The van der Waals surface area contributed by atoms with E-state index in [2.05, 4.69) is 5.32 Å². The molecule has 0 unspecified atom stereocenters. The lowest BCUT2D eigenvalue weighted by atomic mass is 10.3. The minimum Gasteiger partial charge on any atom is -0.323 e. The quantitative estimate of drug-likeness (QED) is 0.796. The van der Waals surface area contributed by atoms with Crippen molar-refractivity contribution < 1.29 is 9.18 Å². The zero-order valence-electron chi connectivity index (χ0n) is 11.2. The van der Waals surface area contributed by atoms with Gasteiger partial charge in [-0.3, -0.25) is 13.5 Å². The molecule has 3 rings (SSSR count). The van der Waals surface area contributed by atoms with Gasteiger partial charge in [0.1, 0.15) is 12.4 Å². The number of amides is 1. The molecule has 0 fully saturated rings. The highest BCUT2D eigenvalue weighted by Crippen LogP contribution is 2.21. The van der Waals surface area contributed by atoms with E-state index in [1.54, 1.807) is 24.3 Å². The van der Waals surface area contributed by atoms with E-state index in [1.807, 2.05) is 0 Å². The Kier molecular flexibility index (Phi) is 3.96. The van der Waals surface area contributed by atoms with Crippen molar-refractivity contribution in [1.82, 2.24) is 3.96 Å². The number of anilines is 1. The summed E-state index contributed by atoms with van der Waals surface area (Å²) < 4.78 is 15.0. The van der Waals surface area contributed by atoms with Gasteiger partial charge < -0.3 is 5.32 Å². The molecule has 0 aliphatic carbocycles. The third kappa shape index (κ3) is 2.88. The summed E-state index contributed by atoms with van der Waals surface area (Å²) in [5.41, 5.74) is 0.170. The number of para-hydroxylation sites is 1. The average Bonchev–Trinajstić information content (AvgIpc) is 2.77. The van der Waals surface area contributed by atoms with Crippen molar-refractivity contribution in [2.45, 2.75) is 6.54 Å². The van der Waals surface area contributed by atoms with Crippen LogP contribution >= 0.6 is 23.1 Å². The first kappa shape index (κ1) is 14.7. The fraction of sp³-hybridized carbons (Fsp3) is 0.0667. The maximum Gasteiger partial charge on any atom is 0.269 e. The summed E-state index contributed by atoms with van der Waals surface area (Å²) in [6.45, 7) is -0.148. The minimum absolute atomic E-state index is 0.148. The maximum atomic E-state index is 13.2. The smallest absolute Gasteiger partial charge is 0.269 e. The summed E-state index contributed by atoms with van der Waals surface area (Å²) in [6, 6.07) is 10.8. The molecule has 7 heteroatoms. The summed E-state index contributed by atoms with van der Waals surface area (Å²) >= 11 is 7.01. The standard InChI is InChI=1S/C15H10ClFN2O2S/c16-11-3-1-2-4-12(11)18-14(20)8-19-15(21)10-6-5-9(17)7-13(10)22-19/h1-7H,8H2,(H,18,20). The van der Waals surface area contributed by atoms with Crippen LogP contribution in [0.25, 0.3) is 10.1 Å². The second-order valence-electron chi connectivity index (χ2n) is 4.60. The van der Waals surface area contributed by atoms with Gasteiger partial charge in [0, 0.05) is 0 Å². The zero-order chi connectivity index (χ0) is 15.7. The Morgan fingerprint density at radius 2 is 2.05 bits per heavy atom. The molecule has 4 nitrogen and oxygen atoms in total. The van der Waals surface area contributed by atoms with Crippen LogP contribution in [0.1, 0.15) is 0 Å². The normalized spacial score (nSPS) is 10.8. The van der Waals surface area contributed by atoms with E-state index in [4.69, 9.17) is 11.6 Å². The van der Waals surface area contributed by atoms with Crippen LogP contribution in [0, 0.1) is 5.82 Å². The Morgan fingerprint density at radius 3 is 2.82 bits per heavy atom. The monoisotopic (exact) mass is 336 g/mol. The first-order chi connectivity index (χ1) is 10.5. The molecule has 0 aliphatic heterocycles. The highest BCUT2D eigenvalue weighted by molar-refractivity contribution is 7.13. The Morgan fingerprint density at radius 1 is 1.27 bits per heavy atom. The van der Waals surface area contributed by atoms with Gasteiger partial charge in [0.25, 0.3) is 5.56 Å². The lowest BCUT2D eigenvalue weighted by Gasteiger charge is -2.06. The molecule has 0 atom stereocenters. The Hall–Kier alpha value is -2.18. The molecule has 1 aromatic heterocycles. The summed E-state index contributed by atoms with van der Waals surface area (Å²) in [5, 5.41) is 3.46. The highest BCUT2D eigenvalue weighted by atomic mass is 35.5. The Labute approximate surface area is 133 Å². The number of fused-ring (bicyclic) bond motifs is 1. The van der Waals surface area contributed by atoms with E-state index in [0.29, 0.717) is 20.8 Å². The number of rotatable bonds is 3. The summed E-state index contributed by atoms with van der Waals surface area (Å²) in [7, 11) is 0. The molecule has 22 heavy (non-hydrogen) atoms. The molecule has 0 radical (unpaired) electrons. The summed E-state index contributed by atoms with van der Waals surface area (Å²) in [5.74, 6) is -0.788. The van der Waals surface area contributed by atoms with Gasteiger partial charge in [0.15, 0.2) is 0 Å². The number of benzene rings is 2. The van der Waals surface area contributed by atoms with Crippen LogP contribution in [0.15, 0.2) is 47.3 Å². The van der Waals surface area contributed by atoms with Gasteiger partial charge in [0.2, 0.25) is 5.91 Å². The molecular weight excluding hydrogens is 327 g/mol. The van der Waals surface area contributed by atoms with E-state index < -0.39 is 5.82 Å². The van der Waals surface area contributed by atoms with E-state index in [9.17, 15) is 14.0 Å². The number of hydrogen-bond acceptors (Lipinski definition) is 3. The van der Waals surface area contributed by atoms with Crippen LogP contribution in [-0.4, -0.2) is 9.86 Å². The molecule has 3 aromatic rings. The van der Waals surface area contributed by atoms with Crippen LogP contribution in [0.5, 0.6) is 0 Å². The first-order valence-corrected chi connectivity index (χ1v) is 7.53. The van der Waals surface area contributed by atoms with Crippen molar-refractivity contribution in [3.8, 4) is 0 Å². The molecule has 0 spiro atoms. The second-order valence-corrected chi connectivity index (χ2v) is 6.07. The summed E-state index contributed by atoms with van der Waals surface area (Å²) in [4.78, 5) is 24.2. The van der Waals surface area contributed by atoms with Crippen molar-refractivity contribution >= 4 is 44.8 Å². The number of hydrogen-bond donors (Lipinski definition) is 1. The number of aromatic nitrogens is 1. The molecule has 112 valence electrons. The lowest BCUT2D eigenvalue weighted by molar-refractivity contribution is -0.116. The van der Waals surface area contributed by atoms with E-state index in [0.717, 1.165) is 11.5 Å². The number of carbonyl (C=O) groups is 1. The SMILES string of the molecule is O=C(Cn1sc2cc(F)ccc2c1=O)Nc1ccccc1Cl. The molecule has 1 heterocycles. The molecule has 0 bridgehead atoms. The van der Waals surface area contributed by atoms with Crippen LogP contribution in [-0.2, 0) is 11.3 Å². The van der Waals surface area contributed by atoms with Crippen molar-refractivity contribution in [2.75, 3.05) is 5.32 Å². The predicted molar refractivity (Wildman–Crippen MR) is 86.1 cm³/mol. The van der Waals surface area contributed by atoms with Crippen LogP contribution in [0.2, 0.25) is 5.02 Å². The van der Waals surface area contributed by atoms with E-state index in [1.165, 1.54) is 22.2 Å². The van der Waals surface area contributed by atoms with Gasteiger partial charge in [-0.1, -0.05) is 35.3 Å². The van der Waals surface area contributed by atoms with Crippen molar-refractivity contribution in [1.29, 1.82) is 0 Å². The average molecular weight is 337 g/mol. The van der Waals surface area contributed by atoms with Gasteiger partial charge >= 0.3 is 0 Å². The van der Waals surface area contributed by atoms with E-state index in [-0.39, 0.29) is 18.0 Å². The molecular formula is C15H10ClFN2O2S. The van der Waals surface area contributed by atoms with Crippen molar-refractivity contribution in [3.63, 3.8) is 0 Å². The zero-order valence-corrected chi connectivity index (χ0v) is 12.7. The van der Waals surface area contributed by atoms with Gasteiger partial charge in [-0.15, -0.1) is 0 Å². The van der Waals surface area contributed by atoms with Gasteiger partial charge in [-0.25, -0.2) is 4.39 Å². The fourth-order valence-electron chi connectivity index (χ4n) is 2.03. The maximum absolute atomic E-state index is 13.2. The first-order valence-electron chi connectivity index (χ1n) is 6.38. The van der Waals surface area contributed by atoms with Crippen LogP contribution in [0.3, 0.4) is 0 Å². The third-order valence-electron chi connectivity index (χ3n) is 3.04. The Balaban J connectivity index is 1.84. The lowest BCUT2D eigenvalue weighted by Crippen LogP contribution is -2.23. The van der Waals surface area contributed by atoms with Crippen LogP contribution < -0.4 is 10.9 Å². The largest absolute Gasteiger partial charge is 0.323 e. The second kappa shape index (κ2) is 5.90. The molecule has 0 aliphatic rings. The number of halogens is 2. The van der Waals surface area contributed by atoms with Crippen LogP contribution in [0.4, 0.5) is 10.1 Å². The molecule has 0 saturated carbocycles. The summed E-state index contributed by atoms with van der Waals surface area (Å²) in [6.07, 6.45) is 0. The highest BCUT2D eigenvalue weighted by Gasteiger charge is 2.12. The number of nitrogens with zero attached hydrogens (tertiary/aromatic N) is 1.